The summed E-state index contributed by atoms with van der Waals surface area (Å²) in [6, 6.07) is 0. The molecule has 1 aliphatic carbocycles. The maximum absolute atomic E-state index is 10.8. The molecule has 0 aromatic rings. The van der Waals surface area contributed by atoms with E-state index in [1.807, 2.05) is 0 Å². The first-order chi connectivity index (χ1) is 6.74. The summed E-state index contributed by atoms with van der Waals surface area (Å²) < 4.78 is 5.10. The molecule has 1 fully saturated rings. The van der Waals surface area contributed by atoms with Crippen LogP contribution < -0.4 is 0 Å². The summed E-state index contributed by atoms with van der Waals surface area (Å²) in [6.45, 7) is 1.38. The number of esters is 1. The fourth-order valence-electron chi connectivity index (χ4n) is 1.76. The van der Waals surface area contributed by atoms with Crippen LogP contribution in [-0.4, -0.2) is 23.0 Å². The van der Waals surface area contributed by atoms with Gasteiger partial charge in [-0.2, -0.15) is 0 Å². The van der Waals surface area contributed by atoms with Gasteiger partial charge in [-0.3, -0.25) is 4.79 Å². The number of rotatable bonds is 1. The van der Waals surface area contributed by atoms with Crippen molar-refractivity contribution in [2.75, 3.05) is 0 Å². The van der Waals surface area contributed by atoms with Crippen molar-refractivity contribution < 1.29 is 14.7 Å². The van der Waals surface area contributed by atoms with Crippen LogP contribution >= 0.6 is 0 Å². The Morgan fingerprint density at radius 3 is 2.79 bits per heavy atom. The SMILES string of the molecule is CC(=O)OC1CCCCCC/C1=N\O. The van der Waals surface area contributed by atoms with Gasteiger partial charge in [0.2, 0.25) is 0 Å². The summed E-state index contributed by atoms with van der Waals surface area (Å²) in [5.41, 5.74) is 0.611. The molecule has 0 heterocycles. The van der Waals surface area contributed by atoms with Crippen molar-refractivity contribution in [3.05, 3.63) is 0 Å². The first kappa shape index (κ1) is 11.0. The van der Waals surface area contributed by atoms with Crippen molar-refractivity contribution in [1.29, 1.82) is 0 Å². The maximum Gasteiger partial charge on any atom is 0.303 e. The fraction of sp³-hybridized carbons (Fsp3) is 0.800. The molecule has 0 aromatic heterocycles. The number of carbonyl (C=O) groups is 1. The normalized spacial score (nSPS) is 26.6. The first-order valence-corrected chi connectivity index (χ1v) is 5.12. The molecule has 0 saturated heterocycles. The lowest BCUT2D eigenvalue weighted by Crippen LogP contribution is -2.27. The number of ether oxygens (including phenoxy) is 1. The Kier molecular flexibility index (Phi) is 4.43. The van der Waals surface area contributed by atoms with Crippen LogP contribution in [0.2, 0.25) is 0 Å². The lowest BCUT2D eigenvalue weighted by Gasteiger charge is -2.20. The molecule has 0 aliphatic heterocycles. The van der Waals surface area contributed by atoms with E-state index in [9.17, 15) is 4.79 Å². The van der Waals surface area contributed by atoms with Gasteiger partial charge in [-0.05, 0) is 25.7 Å². The molecular formula is C10H17NO3. The van der Waals surface area contributed by atoms with Crippen molar-refractivity contribution in [3.63, 3.8) is 0 Å². The van der Waals surface area contributed by atoms with Gasteiger partial charge in [0.15, 0.2) is 0 Å². The van der Waals surface area contributed by atoms with E-state index in [1.165, 1.54) is 6.92 Å². The van der Waals surface area contributed by atoms with E-state index in [-0.39, 0.29) is 12.1 Å². The zero-order chi connectivity index (χ0) is 10.4. The molecule has 1 N–H and O–H groups in total. The molecule has 4 nitrogen and oxygen atoms in total. The number of carbonyl (C=O) groups excluding carboxylic acids is 1. The molecule has 0 bridgehead atoms. The first-order valence-electron chi connectivity index (χ1n) is 5.12. The molecule has 80 valence electrons. The smallest absolute Gasteiger partial charge is 0.303 e. The van der Waals surface area contributed by atoms with Crippen LogP contribution in [0.3, 0.4) is 0 Å². The summed E-state index contributed by atoms with van der Waals surface area (Å²) in [5.74, 6) is -0.309. The van der Waals surface area contributed by atoms with Crippen LogP contribution in [-0.2, 0) is 9.53 Å². The lowest BCUT2D eigenvalue weighted by atomic mass is 9.97. The van der Waals surface area contributed by atoms with E-state index in [0.29, 0.717) is 5.71 Å². The Labute approximate surface area is 83.9 Å². The van der Waals surface area contributed by atoms with Crippen LogP contribution in [0.25, 0.3) is 0 Å². The maximum atomic E-state index is 10.8. The number of hydrogen-bond acceptors (Lipinski definition) is 4. The third-order valence-corrected chi connectivity index (χ3v) is 2.46. The minimum absolute atomic E-state index is 0.308. The molecule has 14 heavy (non-hydrogen) atoms. The Morgan fingerprint density at radius 1 is 1.43 bits per heavy atom. The van der Waals surface area contributed by atoms with E-state index in [2.05, 4.69) is 5.16 Å². The summed E-state index contributed by atoms with van der Waals surface area (Å²) >= 11 is 0. The average molecular weight is 199 g/mol. The second-order valence-electron chi connectivity index (χ2n) is 3.64. The molecule has 1 saturated carbocycles. The minimum Gasteiger partial charge on any atom is -0.456 e. The molecule has 1 rings (SSSR count). The van der Waals surface area contributed by atoms with Crippen LogP contribution in [0.5, 0.6) is 0 Å². The highest BCUT2D eigenvalue weighted by molar-refractivity contribution is 5.89. The standard InChI is InChI=1S/C10H17NO3/c1-8(12)14-10-7-5-3-2-4-6-9(10)11-13/h10,13H,2-7H2,1H3/b11-9+. The van der Waals surface area contributed by atoms with Crippen molar-refractivity contribution in [1.82, 2.24) is 0 Å². The van der Waals surface area contributed by atoms with Gasteiger partial charge < -0.3 is 9.94 Å². The van der Waals surface area contributed by atoms with Gasteiger partial charge >= 0.3 is 5.97 Å². The van der Waals surface area contributed by atoms with Gasteiger partial charge in [0.25, 0.3) is 0 Å². The molecule has 0 radical (unpaired) electrons. The highest BCUT2D eigenvalue weighted by Gasteiger charge is 2.20. The molecule has 0 amide bonds. The van der Waals surface area contributed by atoms with Crippen LogP contribution in [0, 0.1) is 0 Å². The quantitative estimate of drug-likeness (QED) is 0.399. The molecule has 1 aliphatic rings. The Morgan fingerprint density at radius 2 is 2.14 bits per heavy atom. The predicted octanol–water partition coefficient (Wildman–Crippen LogP) is 2.10. The van der Waals surface area contributed by atoms with E-state index in [4.69, 9.17) is 9.94 Å². The topological polar surface area (TPSA) is 58.9 Å². The summed E-state index contributed by atoms with van der Waals surface area (Å²) in [5, 5.41) is 12.0. The van der Waals surface area contributed by atoms with Crippen LogP contribution in [0.15, 0.2) is 5.16 Å². The summed E-state index contributed by atoms with van der Waals surface area (Å²) in [4.78, 5) is 10.8. The Bertz CT molecular complexity index is 225. The molecule has 4 heteroatoms. The van der Waals surface area contributed by atoms with E-state index >= 15 is 0 Å². The zero-order valence-electron chi connectivity index (χ0n) is 8.53. The summed E-state index contributed by atoms with van der Waals surface area (Å²) in [6.07, 6.45) is 5.56. The van der Waals surface area contributed by atoms with Gasteiger partial charge in [-0.25, -0.2) is 0 Å². The second-order valence-corrected chi connectivity index (χ2v) is 3.64. The average Bonchev–Trinajstić information content (AvgIpc) is 2.10. The third-order valence-electron chi connectivity index (χ3n) is 2.46. The molecule has 0 spiro atoms. The molecule has 1 unspecified atom stereocenters. The summed E-state index contributed by atoms with van der Waals surface area (Å²) in [7, 11) is 0. The molecule has 0 aromatic carbocycles. The minimum atomic E-state index is -0.309. The fourth-order valence-corrected chi connectivity index (χ4v) is 1.76. The van der Waals surface area contributed by atoms with Gasteiger partial charge in [0.1, 0.15) is 6.10 Å². The van der Waals surface area contributed by atoms with E-state index < -0.39 is 0 Å². The van der Waals surface area contributed by atoms with Gasteiger partial charge in [-0.15, -0.1) is 0 Å². The highest BCUT2D eigenvalue weighted by Crippen LogP contribution is 2.18. The van der Waals surface area contributed by atoms with Gasteiger partial charge in [0, 0.05) is 6.92 Å². The zero-order valence-corrected chi connectivity index (χ0v) is 8.53. The highest BCUT2D eigenvalue weighted by atomic mass is 16.5. The number of hydrogen-bond donors (Lipinski definition) is 1. The van der Waals surface area contributed by atoms with Crippen molar-refractivity contribution in [2.45, 2.75) is 51.6 Å². The van der Waals surface area contributed by atoms with Crippen molar-refractivity contribution in [2.24, 2.45) is 5.16 Å². The molecule has 1 atom stereocenters. The van der Waals surface area contributed by atoms with E-state index in [0.717, 1.165) is 38.5 Å². The van der Waals surface area contributed by atoms with Gasteiger partial charge in [0.05, 0.1) is 5.71 Å². The largest absolute Gasteiger partial charge is 0.456 e. The van der Waals surface area contributed by atoms with Gasteiger partial charge in [-0.1, -0.05) is 18.0 Å². The second kappa shape index (κ2) is 5.62. The predicted molar refractivity (Wildman–Crippen MR) is 52.5 cm³/mol. The number of oxime groups is 1. The number of nitrogens with zero attached hydrogens (tertiary/aromatic N) is 1. The van der Waals surface area contributed by atoms with Crippen LogP contribution in [0.1, 0.15) is 45.4 Å². The Hall–Kier alpha value is -1.06. The third kappa shape index (κ3) is 3.36. The van der Waals surface area contributed by atoms with Crippen molar-refractivity contribution >= 4 is 11.7 Å². The van der Waals surface area contributed by atoms with Crippen LogP contribution in [0.4, 0.5) is 0 Å². The van der Waals surface area contributed by atoms with E-state index in [1.54, 1.807) is 0 Å². The lowest BCUT2D eigenvalue weighted by molar-refractivity contribution is -0.143. The Balaban J connectivity index is 2.59. The monoisotopic (exact) mass is 199 g/mol. The van der Waals surface area contributed by atoms with Crippen molar-refractivity contribution in [3.8, 4) is 0 Å². The molecular weight excluding hydrogens is 182 g/mol.